The van der Waals surface area contributed by atoms with Gasteiger partial charge in [-0.3, -0.25) is 0 Å². The molecule has 1 rings (SSSR count). The van der Waals surface area contributed by atoms with E-state index in [1.165, 1.54) is 32.1 Å². The van der Waals surface area contributed by atoms with Crippen molar-refractivity contribution in [3.05, 3.63) is 0 Å². The largest absolute Gasteiger partial charge is 0.375 e. The van der Waals surface area contributed by atoms with Gasteiger partial charge in [0.2, 0.25) is 0 Å². The Balaban J connectivity index is 1.93. The lowest BCUT2D eigenvalue weighted by Crippen LogP contribution is -2.36. The van der Waals surface area contributed by atoms with Crippen molar-refractivity contribution >= 4 is 0 Å². The van der Waals surface area contributed by atoms with Gasteiger partial charge in [-0.2, -0.15) is 0 Å². The Bertz CT molecular complexity index is 174. The Kier molecular flexibility index (Phi) is 5.07. The van der Waals surface area contributed by atoms with Crippen LogP contribution in [0.3, 0.4) is 0 Å². The average molecular weight is 213 g/mol. The van der Waals surface area contributed by atoms with Gasteiger partial charge in [0.15, 0.2) is 0 Å². The van der Waals surface area contributed by atoms with Crippen LogP contribution >= 0.6 is 0 Å². The molecule has 0 amide bonds. The van der Waals surface area contributed by atoms with Crippen LogP contribution in [0.1, 0.15) is 59.8 Å². The van der Waals surface area contributed by atoms with Gasteiger partial charge in [0.25, 0.3) is 0 Å². The molecule has 90 valence electrons. The number of rotatable bonds is 5. The Morgan fingerprint density at radius 3 is 2.47 bits per heavy atom. The van der Waals surface area contributed by atoms with Crippen molar-refractivity contribution in [3.63, 3.8) is 0 Å². The molecule has 2 nitrogen and oxygen atoms in total. The third kappa shape index (κ3) is 6.16. The molecule has 2 heteroatoms. The van der Waals surface area contributed by atoms with Crippen LogP contribution in [0.25, 0.3) is 0 Å². The molecule has 0 radical (unpaired) electrons. The number of hydrogen-bond donors (Lipinski definition) is 1. The summed E-state index contributed by atoms with van der Waals surface area (Å²) in [5.74, 6) is 0. The normalized spacial score (nSPS) is 27.2. The molecule has 15 heavy (non-hydrogen) atoms. The van der Waals surface area contributed by atoms with E-state index in [1.807, 2.05) is 0 Å². The zero-order valence-corrected chi connectivity index (χ0v) is 10.8. The van der Waals surface area contributed by atoms with Crippen LogP contribution < -0.4 is 5.32 Å². The molecular formula is C13H27NO. The molecule has 1 heterocycles. The van der Waals surface area contributed by atoms with E-state index in [0.29, 0.717) is 12.2 Å². The predicted molar refractivity (Wildman–Crippen MR) is 65.2 cm³/mol. The van der Waals surface area contributed by atoms with E-state index in [9.17, 15) is 0 Å². The molecule has 2 atom stereocenters. The van der Waals surface area contributed by atoms with Gasteiger partial charge in [0.1, 0.15) is 0 Å². The molecule has 2 unspecified atom stereocenters. The van der Waals surface area contributed by atoms with E-state index in [2.05, 4.69) is 33.0 Å². The zero-order chi connectivity index (χ0) is 11.3. The number of unbranched alkanes of at least 4 members (excludes halogenated alkanes) is 1. The van der Waals surface area contributed by atoms with Crippen molar-refractivity contribution in [2.75, 3.05) is 6.54 Å². The van der Waals surface area contributed by atoms with Crippen LogP contribution in [0.2, 0.25) is 0 Å². The van der Waals surface area contributed by atoms with Crippen molar-refractivity contribution in [2.45, 2.75) is 77.5 Å². The Morgan fingerprint density at radius 2 is 1.93 bits per heavy atom. The number of ether oxygens (including phenoxy) is 1. The average Bonchev–Trinajstić information content (AvgIpc) is 2.49. The molecular weight excluding hydrogens is 186 g/mol. The lowest BCUT2D eigenvalue weighted by atomic mass is 10.1. The fourth-order valence-corrected chi connectivity index (χ4v) is 2.06. The summed E-state index contributed by atoms with van der Waals surface area (Å²) in [5, 5.41) is 3.52. The first-order valence-electron chi connectivity index (χ1n) is 6.38. The second-order valence-electron chi connectivity index (χ2n) is 5.82. The molecule has 1 N–H and O–H groups in total. The van der Waals surface area contributed by atoms with Crippen LogP contribution in [-0.4, -0.2) is 24.3 Å². The van der Waals surface area contributed by atoms with Gasteiger partial charge in [-0.15, -0.1) is 0 Å². The summed E-state index contributed by atoms with van der Waals surface area (Å²) in [4.78, 5) is 0. The summed E-state index contributed by atoms with van der Waals surface area (Å²) in [5.41, 5.74) is 0.262. The number of nitrogens with one attached hydrogen (secondary N) is 1. The number of hydrogen-bond acceptors (Lipinski definition) is 2. The topological polar surface area (TPSA) is 21.3 Å². The first-order chi connectivity index (χ1) is 6.97. The maximum atomic E-state index is 5.79. The molecule has 1 aliphatic rings. The van der Waals surface area contributed by atoms with E-state index in [4.69, 9.17) is 4.74 Å². The molecule has 1 saturated heterocycles. The molecule has 0 aromatic carbocycles. The molecule has 0 saturated carbocycles. The van der Waals surface area contributed by atoms with Gasteiger partial charge < -0.3 is 10.1 Å². The molecule has 0 bridgehead atoms. The fourth-order valence-electron chi connectivity index (χ4n) is 2.06. The van der Waals surface area contributed by atoms with Crippen LogP contribution in [0, 0.1) is 0 Å². The van der Waals surface area contributed by atoms with Crippen molar-refractivity contribution in [1.82, 2.24) is 5.32 Å². The lowest BCUT2D eigenvalue weighted by molar-refractivity contribution is 0.0495. The highest BCUT2D eigenvalue weighted by molar-refractivity contribution is 4.72. The summed E-state index contributed by atoms with van der Waals surface area (Å²) in [6.07, 6.45) is 7.39. The molecule has 1 aliphatic heterocycles. The molecule has 1 fully saturated rings. The van der Waals surface area contributed by atoms with E-state index < -0.39 is 0 Å². The molecule has 0 spiro atoms. The Labute approximate surface area is 94.8 Å². The maximum absolute atomic E-state index is 5.79. The van der Waals surface area contributed by atoms with Gasteiger partial charge in [-0.05, 0) is 66.3 Å². The van der Waals surface area contributed by atoms with Crippen molar-refractivity contribution < 1.29 is 4.74 Å². The highest BCUT2D eigenvalue weighted by atomic mass is 16.5. The highest BCUT2D eigenvalue weighted by Crippen LogP contribution is 2.22. The molecule has 0 aromatic rings. The summed E-state index contributed by atoms with van der Waals surface area (Å²) in [7, 11) is 0. The van der Waals surface area contributed by atoms with Crippen LogP contribution in [-0.2, 0) is 4.74 Å². The van der Waals surface area contributed by atoms with Crippen LogP contribution in [0.4, 0.5) is 0 Å². The standard InChI is InChI=1S/C13H27NO/c1-11-8-9-12(15-11)7-5-6-10-14-13(2,3)4/h11-12,14H,5-10H2,1-4H3. The SMILES string of the molecule is CC1CCC(CCCCNC(C)(C)C)O1. The van der Waals surface area contributed by atoms with Gasteiger partial charge in [0.05, 0.1) is 12.2 Å². The lowest BCUT2D eigenvalue weighted by Gasteiger charge is -2.20. The third-order valence-corrected chi connectivity index (χ3v) is 2.93. The summed E-state index contributed by atoms with van der Waals surface area (Å²) < 4.78 is 5.79. The minimum absolute atomic E-state index is 0.262. The Hall–Kier alpha value is -0.0800. The molecule has 0 aliphatic carbocycles. The van der Waals surface area contributed by atoms with Crippen LogP contribution in [0.15, 0.2) is 0 Å². The summed E-state index contributed by atoms with van der Waals surface area (Å²) in [6.45, 7) is 9.96. The van der Waals surface area contributed by atoms with E-state index >= 15 is 0 Å². The predicted octanol–water partition coefficient (Wildman–Crippen LogP) is 3.11. The second-order valence-corrected chi connectivity index (χ2v) is 5.82. The molecule has 0 aromatic heterocycles. The second kappa shape index (κ2) is 5.86. The Morgan fingerprint density at radius 1 is 1.20 bits per heavy atom. The van der Waals surface area contributed by atoms with Gasteiger partial charge in [0, 0.05) is 5.54 Å². The maximum Gasteiger partial charge on any atom is 0.0579 e. The smallest absolute Gasteiger partial charge is 0.0579 e. The minimum atomic E-state index is 0.262. The fraction of sp³-hybridized carbons (Fsp3) is 1.00. The van der Waals surface area contributed by atoms with E-state index in [0.717, 1.165) is 6.54 Å². The van der Waals surface area contributed by atoms with Gasteiger partial charge >= 0.3 is 0 Å². The summed E-state index contributed by atoms with van der Waals surface area (Å²) in [6, 6.07) is 0. The van der Waals surface area contributed by atoms with Gasteiger partial charge in [-0.25, -0.2) is 0 Å². The monoisotopic (exact) mass is 213 g/mol. The highest BCUT2D eigenvalue weighted by Gasteiger charge is 2.20. The van der Waals surface area contributed by atoms with Crippen molar-refractivity contribution in [2.24, 2.45) is 0 Å². The first-order valence-corrected chi connectivity index (χ1v) is 6.38. The van der Waals surface area contributed by atoms with E-state index in [1.54, 1.807) is 0 Å². The van der Waals surface area contributed by atoms with Crippen molar-refractivity contribution in [1.29, 1.82) is 0 Å². The summed E-state index contributed by atoms with van der Waals surface area (Å²) >= 11 is 0. The quantitative estimate of drug-likeness (QED) is 0.709. The van der Waals surface area contributed by atoms with Gasteiger partial charge in [-0.1, -0.05) is 0 Å². The van der Waals surface area contributed by atoms with Crippen molar-refractivity contribution in [3.8, 4) is 0 Å². The van der Waals surface area contributed by atoms with E-state index in [-0.39, 0.29) is 5.54 Å². The zero-order valence-electron chi connectivity index (χ0n) is 10.8. The third-order valence-electron chi connectivity index (χ3n) is 2.93. The first kappa shape index (κ1) is 13.0. The van der Waals surface area contributed by atoms with Crippen LogP contribution in [0.5, 0.6) is 0 Å². The minimum Gasteiger partial charge on any atom is -0.375 e.